The molecule has 4 nitrogen and oxygen atoms in total. The van der Waals surface area contributed by atoms with Gasteiger partial charge in [-0.15, -0.1) is 0 Å². The highest BCUT2D eigenvalue weighted by Crippen LogP contribution is 2.28. The van der Waals surface area contributed by atoms with Gasteiger partial charge >= 0.3 is 0 Å². The van der Waals surface area contributed by atoms with E-state index in [2.05, 4.69) is 27.6 Å². The van der Waals surface area contributed by atoms with Gasteiger partial charge in [0.15, 0.2) is 0 Å². The molecule has 4 heteroatoms. The van der Waals surface area contributed by atoms with Crippen LogP contribution < -0.4 is 0 Å². The van der Waals surface area contributed by atoms with Crippen molar-refractivity contribution in [1.82, 2.24) is 14.5 Å². The molecule has 0 spiro atoms. The molecule has 0 aromatic carbocycles. The van der Waals surface area contributed by atoms with E-state index in [1.165, 1.54) is 32.1 Å². The topological polar surface area (TPSA) is 38.1 Å². The van der Waals surface area contributed by atoms with Crippen LogP contribution in [0.2, 0.25) is 0 Å². The van der Waals surface area contributed by atoms with Crippen LogP contribution in [-0.4, -0.2) is 33.4 Å². The Bertz CT molecular complexity index is 482. The summed E-state index contributed by atoms with van der Waals surface area (Å²) in [6, 6.07) is 0. The number of imidazole rings is 1. The van der Waals surface area contributed by atoms with Gasteiger partial charge in [-0.05, 0) is 44.4 Å². The Kier molecular flexibility index (Phi) is 5.16. The van der Waals surface area contributed by atoms with Crippen LogP contribution in [0.3, 0.4) is 0 Å². The highest BCUT2D eigenvalue weighted by molar-refractivity contribution is 5.76. The average molecular weight is 303 g/mol. The molecule has 0 radical (unpaired) electrons. The van der Waals surface area contributed by atoms with Gasteiger partial charge in [-0.25, -0.2) is 4.98 Å². The third kappa shape index (κ3) is 3.90. The van der Waals surface area contributed by atoms with Gasteiger partial charge in [-0.1, -0.05) is 19.3 Å². The Morgan fingerprint density at radius 1 is 1.14 bits per heavy atom. The second-order valence-corrected chi connectivity index (χ2v) is 7.16. The summed E-state index contributed by atoms with van der Waals surface area (Å²) in [5.74, 6) is 2.85. The molecule has 1 aliphatic heterocycles. The van der Waals surface area contributed by atoms with Crippen LogP contribution in [0.1, 0.15) is 57.2 Å². The number of nitrogens with zero attached hydrogens (tertiary/aromatic N) is 3. The summed E-state index contributed by atoms with van der Waals surface area (Å²) >= 11 is 0. The fraction of sp³-hybridized carbons (Fsp3) is 0.778. The van der Waals surface area contributed by atoms with Crippen LogP contribution in [-0.2, 0) is 11.3 Å². The van der Waals surface area contributed by atoms with Crippen molar-refractivity contribution in [1.29, 1.82) is 0 Å². The van der Waals surface area contributed by atoms with Crippen LogP contribution in [0, 0.1) is 18.8 Å². The first-order chi connectivity index (χ1) is 10.7. The molecule has 1 aromatic rings. The minimum Gasteiger partial charge on any atom is -0.343 e. The SMILES string of the molecule is Cc1nccn1CC1CCN(C(=O)CC2CCCCC2)CC1. The van der Waals surface area contributed by atoms with E-state index in [1.807, 2.05) is 6.20 Å². The molecule has 0 unspecified atom stereocenters. The number of likely N-dealkylation sites (tertiary alicyclic amines) is 1. The van der Waals surface area contributed by atoms with Gasteiger partial charge in [-0.3, -0.25) is 4.79 Å². The quantitative estimate of drug-likeness (QED) is 0.855. The van der Waals surface area contributed by atoms with Crippen molar-refractivity contribution < 1.29 is 4.79 Å². The van der Waals surface area contributed by atoms with Gasteiger partial charge in [0.25, 0.3) is 0 Å². The number of aromatic nitrogens is 2. The van der Waals surface area contributed by atoms with E-state index in [-0.39, 0.29) is 0 Å². The zero-order valence-corrected chi connectivity index (χ0v) is 13.8. The number of amides is 1. The van der Waals surface area contributed by atoms with Gasteiger partial charge in [0.2, 0.25) is 5.91 Å². The van der Waals surface area contributed by atoms with Crippen molar-refractivity contribution in [3.8, 4) is 0 Å². The minimum absolute atomic E-state index is 0.407. The van der Waals surface area contributed by atoms with Crippen molar-refractivity contribution in [3.05, 3.63) is 18.2 Å². The normalized spacial score (nSPS) is 21.2. The Hall–Kier alpha value is -1.32. The van der Waals surface area contributed by atoms with E-state index >= 15 is 0 Å². The minimum atomic E-state index is 0.407. The van der Waals surface area contributed by atoms with Gasteiger partial charge in [0.1, 0.15) is 5.82 Å². The number of aryl methyl sites for hydroxylation is 1. The summed E-state index contributed by atoms with van der Waals surface area (Å²) < 4.78 is 2.24. The van der Waals surface area contributed by atoms with Gasteiger partial charge in [0.05, 0.1) is 0 Å². The fourth-order valence-electron chi connectivity index (χ4n) is 4.01. The molecule has 1 aromatic heterocycles. The average Bonchev–Trinajstić information content (AvgIpc) is 2.94. The van der Waals surface area contributed by atoms with Crippen molar-refractivity contribution in [2.45, 2.75) is 64.8 Å². The predicted molar refractivity (Wildman–Crippen MR) is 87.5 cm³/mol. The summed E-state index contributed by atoms with van der Waals surface area (Å²) in [6.07, 6.45) is 13.5. The number of carbonyl (C=O) groups is 1. The standard InChI is InChI=1S/C18H29N3O/c1-15-19-9-12-21(15)14-17-7-10-20(11-8-17)18(22)13-16-5-3-2-4-6-16/h9,12,16-17H,2-8,10-11,13-14H2,1H3. The Labute approximate surface area is 133 Å². The highest BCUT2D eigenvalue weighted by atomic mass is 16.2. The van der Waals surface area contributed by atoms with Crippen LogP contribution in [0.4, 0.5) is 0 Å². The van der Waals surface area contributed by atoms with Gasteiger partial charge in [-0.2, -0.15) is 0 Å². The Morgan fingerprint density at radius 3 is 2.50 bits per heavy atom. The molecule has 0 N–H and O–H groups in total. The summed E-state index contributed by atoms with van der Waals surface area (Å²) in [4.78, 5) is 18.9. The summed E-state index contributed by atoms with van der Waals surface area (Å²) in [5.41, 5.74) is 0. The predicted octanol–water partition coefficient (Wildman–Crippen LogP) is 3.40. The number of hydrogen-bond donors (Lipinski definition) is 0. The Morgan fingerprint density at radius 2 is 1.86 bits per heavy atom. The van der Waals surface area contributed by atoms with Crippen molar-refractivity contribution in [3.63, 3.8) is 0 Å². The first-order valence-corrected chi connectivity index (χ1v) is 8.98. The lowest BCUT2D eigenvalue weighted by atomic mass is 9.86. The van der Waals surface area contributed by atoms with E-state index in [0.717, 1.165) is 44.7 Å². The van der Waals surface area contributed by atoms with Crippen molar-refractivity contribution in [2.24, 2.45) is 11.8 Å². The van der Waals surface area contributed by atoms with Crippen molar-refractivity contribution in [2.75, 3.05) is 13.1 Å². The summed E-state index contributed by atoms with van der Waals surface area (Å²) in [5, 5.41) is 0. The monoisotopic (exact) mass is 303 g/mol. The van der Waals surface area contributed by atoms with Crippen LogP contribution in [0.15, 0.2) is 12.4 Å². The lowest BCUT2D eigenvalue weighted by molar-refractivity contribution is -0.133. The first-order valence-electron chi connectivity index (χ1n) is 8.98. The number of carbonyl (C=O) groups excluding carboxylic acids is 1. The van der Waals surface area contributed by atoms with Crippen LogP contribution in [0.5, 0.6) is 0 Å². The molecule has 2 fully saturated rings. The molecule has 1 saturated carbocycles. The second-order valence-electron chi connectivity index (χ2n) is 7.16. The third-order valence-electron chi connectivity index (χ3n) is 5.53. The molecule has 1 amide bonds. The van der Waals surface area contributed by atoms with Gasteiger partial charge in [0, 0.05) is 38.4 Å². The maximum absolute atomic E-state index is 12.5. The van der Waals surface area contributed by atoms with Gasteiger partial charge < -0.3 is 9.47 Å². The zero-order valence-electron chi connectivity index (χ0n) is 13.8. The molecule has 3 rings (SSSR count). The van der Waals surface area contributed by atoms with Crippen molar-refractivity contribution >= 4 is 5.91 Å². The lowest BCUT2D eigenvalue weighted by Gasteiger charge is -2.33. The maximum Gasteiger partial charge on any atom is 0.222 e. The number of rotatable bonds is 4. The van der Waals surface area contributed by atoms with E-state index in [9.17, 15) is 4.79 Å². The molecular formula is C18H29N3O. The molecule has 0 bridgehead atoms. The maximum atomic E-state index is 12.5. The van der Waals surface area contributed by atoms with Crippen LogP contribution in [0.25, 0.3) is 0 Å². The fourth-order valence-corrected chi connectivity index (χ4v) is 4.01. The third-order valence-corrected chi connectivity index (χ3v) is 5.53. The number of piperidine rings is 1. The first kappa shape index (κ1) is 15.6. The molecule has 1 aliphatic carbocycles. The van der Waals surface area contributed by atoms with E-state index < -0.39 is 0 Å². The number of hydrogen-bond acceptors (Lipinski definition) is 2. The zero-order chi connectivity index (χ0) is 15.4. The smallest absolute Gasteiger partial charge is 0.222 e. The Balaban J connectivity index is 1.43. The second kappa shape index (κ2) is 7.30. The van der Waals surface area contributed by atoms with E-state index in [4.69, 9.17) is 0 Å². The molecule has 22 heavy (non-hydrogen) atoms. The molecular weight excluding hydrogens is 274 g/mol. The lowest BCUT2D eigenvalue weighted by Crippen LogP contribution is -2.40. The summed E-state index contributed by atoms with van der Waals surface area (Å²) in [6.45, 7) is 5.01. The largest absolute Gasteiger partial charge is 0.343 e. The van der Waals surface area contributed by atoms with Crippen LogP contribution >= 0.6 is 0 Å². The summed E-state index contributed by atoms with van der Waals surface area (Å²) in [7, 11) is 0. The van der Waals surface area contributed by atoms with E-state index in [0.29, 0.717) is 17.7 Å². The molecule has 2 aliphatic rings. The molecule has 1 saturated heterocycles. The van der Waals surface area contributed by atoms with E-state index in [1.54, 1.807) is 0 Å². The molecule has 2 heterocycles. The molecule has 0 atom stereocenters. The highest BCUT2D eigenvalue weighted by Gasteiger charge is 2.25. The molecule has 122 valence electrons.